The number of halogens is 1. The maximum atomic E-state index is 13.0. The molecule has 0 spiro atoms. The molecule has 0 fully saturated rings. The number of nitrogens with one attached hydrogen (secondary N) is 2. The van der Waals surface area contributed by atoms with E-state index in [1.54, 1.807) is 36.4 Å². The zero-order valence-corrected chi connectivity index (χ0v) is 16.1. The van der Waals surface area contributed by atoms with Gasteiger partial charge in [-0.3, -0.25) is 14.6 Å². The Bertz CT molecular complexity index is 1050. The topological polar surface area (TPSA) is 70.6 Å². The normalized spacial score (nSPS) is 18.5. The second-order valence-corrected chi connectivity index (χ2v) is 7.08. The number of nitrogens with zero attached hydrogens (tertiary/aromatic N) is 1. The number of hydrogen-bond acceptors (Lipinski definition) is 3. The van der Waals surface area contributed by atoms with E-state index in [9.17, 15) is 9.59 Å². The molecule has 1 aliphatic rings. The second-order valence-electron chi connectivity index (χ2n) is 6.65. The van der Waals surface area contributed by atoms with Crippen LogP contribution in [-0.2, 0) is 4.79 Å². The maximum Gasteiger partial charge on any atom is 0.252 e. The van der Waals surface area contributed by atoms with Crippen LogP contribution in [0, 0.1) is 0 Å². The number of benzene rings is 3. The van der Waals surface area contributed by atoms with Crippen molar-refractivity contribution in [2.75, 3.05) is 0 Å². The van der Waals surface area contributed by atoms with Crippen LogP contribution in [0.5, 0.6) is 0 Å². The summed E-state index contributed by atoms with van der Waals surface area (Å²) in [5.74, 6) is -0.174. The van der Waals surface area contributed by atoms with Gasteiger partial charge in [-0.05, 0) is 29.8 Å². The minimum Gasteiger partial charge on any atom is -0.338 e. The van der Waals surface area contributed by atoms with Crippen molar-refractivity contribution in [1.29, 1.82) is 0 Å². The zero-order chi connectivity index (χ0) is 20.2. The van der Waals surface area contributed by atoms with Gasteiger partial charge in [0.1, 0.15) is 17.9 Å². The Hall–Kier alpha value is -3.44. The first-order valence-corrected chi connectivity index (χ1v) is 9.55. The van der Waals surface area contributed by atoms with Gasteiger partial charge in [0, 0.05) is 16.1 Å². The van der Waals surface area contributed by atoms with Gasteiger partial charge in [0.15, 0.2) is 0 Å². The molecule has 0 unspecified atom stereocenters. The van der Waals surface area contributed by atoms with Gasteiger partial charge in [-0.2, -0.15) is 0 Å². The van der Waals surface area contributed by atoms with Crippen molar-refractivity contribution < 1.29 is 9.59 Å². The lowest BCUT2D eigenvalue weighted by Gasteiger charge is -2.30. The van der Waals surface area contributed by atoms with Gasteiger partial charge in [0.2, 0.25) is 0 Å². The Balaban J connectivity index is 1.71. The first-order valence-electron chi connectivity index (χ1n) is 9.17. The summed E-state index contributed by atoms with van der Waals surface area (Å²) >= 11 is 6.02. The molecule has 2 amide bonds. The van der Waals surface area contributed by atoms with Crippen LogP contribution < -0.4 is 10.6 Å². The molecule has 3 aromatic carbocycles. The molecule has 0 bridgehead atoms. The van der Waals surface area contributed by atoms with E-state index in [0.717, 1.165) is 11.1 Å². The van der Waals surface area contributed by atoms with Crippen molar-refractivity contribution in [3.63, 3.8) is 0 Å². The van der Waals surface area contributed by atoms with Gasteiger partial charge in [-0.25, -0.2) is 0 Å². The summed E-state index contributed by atoms with van der Waals surface area (Å²) in [5, 5.41) is 6.24. The molecule has 29 heavy (non-hydrogen) atoms. The van der Waals surface area contributed by atoms with Crippen molar-refractivity contribution in [2.45, 2.75) is 12.1 Å². The van der Waals surface area contributed by atoms with Crippen LogP contribution in [0.3, 0.4) is 0 Å². The number of carbonyl (C=O) groups excluding carboxylic acids is 2. The average Bonchev–Trinajstić information content (AvgIpc) is 2.77. The Morgan fingerprint density at radius 1 is 0.897 bits per heavy atom. The number of carbonyl (C=O) groups is 2. The molecule has 0 aliphatic carbocycles. The highest BCUT2D eigenvalue weighted by atomic mass is 35.5. The van der Waals surface area contributed by atoms with Crippen LogP contribution in [0.4, 0.5) is 0 Å². The van der Waals surface area contributed by atoms with Gasteiger partial charge in [0.25, 0.3) is 11.8 Å². The predicted molar refractivity (Wildman–Crippen MR) is 113 cm³/mol. The number of hydrogen-bond donors (Lipinski definition) is 2. The van der Waals surface area contributed by atoms with E-state index in [1.165, 1.54) is 0 Å². The van der Waals surface area contributed by atoms with Crippen molar-refractivity contribution in [3.8, 4) is 0 Å². The molecule has 1 aliphatic heterocycles. The molecule has 6 heteroatoms. The Morgan fingerprint density at radius 3 is 2.17 bits per heavy atom. The summed E-state index contributed by atoms with van der Waals surface area (Å²) < 4.78 is 0. The molecular weight excluding hydrogens is 386 g/mol. The number of amides is 2. The monoisotopic (exact) mass is 403 g/mol. The molecule has 4 rings (SSSR count). The first-order chi connectivity index (χ1) is 14.1. The predicted octanol–water partition coefficient (Wildman–Crippen LogP) is 3.76. The number of amidine groups is 1. The summed E-state index contributed by atoms with van der Waals surface area (Å²) in [6.07, 6.45) is 0. The van der Waals surface area contributed by atoms with Crippen molar-refractivity contribution in [2.24, 2.45) is 4.99 Å². The Kier molecular flexibility index (Phi) is 5.40. The minimum absolute atomic E-state index is 0.317. The molecule has 3 aromatic rings. The van der Waals surface area contributed by atoms with E-state index >= 15 is 0 Å². The van der Waals surface area contributed by atoms with Crippen molar-refractivity contribution in [1.82, 2.24) is 10.6 Å². The first kappa shape index (κ1) is 18.9. The van der Waals surface area contributed by atoms with Gasteiger partial charge >= 0.3 is 0 Å². The zero-order valence-electron chi connectivity index (χ0n) is 15.4. The lowest BCUT2D eigenvalue weighted by atomic mass is 9.96. The van der Waals surface area contributed by atoms with E-state index < -0.39 is 12.1 Å². The number of aliphatic imine (C=N–C) groups is 1. The molecule has 0 saturated heterocycles. The fraction of sp³-hybridized carbons (Fsp3) is 0.0870. The highest BCUT2D eigenvalue weighted by Crippen LogP contribution is 2.27. The molecule has 0 radical (unpaired) electrons. The van der Waals surface area contributed by atoms with Crippen LogP contribution in [0.15, 0.2) is 89.9 Å². The van der Waals surface area contributed by atoms with Gasteiger partial charge < -0.3 is 10.6 Å². The summed E-state index contributed by atoms with van der Waals surface area (Å²) in [7, 11) is 0. The highest BCUT2D eigenvalue weighted by Gasteiger charge is 2.36. The molecule has 144 valence electrons. The molecule has 2 atom stereocenters. The van der Waals surface area contributed by atoms with E-state index in [4.69, 9.17) is 16.6 Å². The lowest BCUT2D eigenvalue weighted by Crippen LogP contribution is -2.54. The third-order valence-electron chi connectivity index (χ3n) is 4.69. The minimum atomic E-state index is -0.851. The third kappa shape index (κ3) is 4.20. The second kappa shape index (κ2) is 8.29. The standard InChI is InChI=1S/C23H18ClN3O2/c24-18-13-11-15(12-14-18)19-20(26-22(28)17-9-5-2-6-10-17)23(29)27-21(25-19)16-7-3-1-4-8-16/h1-14,19-20H,(H,26,28)(H,25,27,29)/t19-,20-/m0/s1. The van der Waals surface area contributed by atoms with E-state index in [1.807, 2.05) is 48.5 Å². The van der Waals surface area contributed by atoms with Crippen LogP contribution in [0.1, 0.15) is 27.5 Å². The number of rotatable bonds is 4. The largest absolute Gasteiger partial charge is 0.338 e. The third-order valence-corrected chi connectivity index (χ3v) is 4.94. The van der Waals surface area contributed by atoms with E-state index in [0.29, 0.717) is 16.4 Å². The maximum absolute atomic E-state index is 13.0. The fourth-order valence-corrected chi connectivity index (χ4v) is 3.34. The summed E-state index contributed by atoms with van der Waals surface area (Å²) in [6, 6.07) is 23.9. The molecule has 5 nitrogen and oxygen atoms in total. The molecule has 2 N–H and O–H groups in total. The van der Waals surface area contributed by atoms with E-state index in [2.05, 4.69) is 10.6 Å². The molecular formula is C23H18ClN3O2. The van der Waals surface area contributed by atoms with Crippen LogP contribution in [-0.4, -0.2) is 23.7 Å². The molecule has 0 saturated carbocycles. The molecule has 1 heterocycles. The van der Waals surface area contributed by atoms with E-state index in [-0.39, 0.29) is 11.8 Å². The van der Waals surface area contributed by atoms with Crippen LogP contribution in [0.2, 0.25) is 5.02 Å². The van der Waals surface area contributed by atoms with Crippen LogP contribution in [0.25, 0.3) is 0 Å². The fourth-order valence-electron chi connectivity index (χ4n) is 3.21. The Labute approximate surface area is 173 Å². The SMILES string of the molecule is O=C(N[C@@H]1C(=O)NC(c2ccccc2)=N[C@H]1c1ccc(Cl)cc1)c1ccccc1. The van der Waals surface area contributed by atoms with Crippen molar-refractivity contribution >= 4 is 29.3 Å². The average molecular weight is 404 g/mol. The van der Waals surface area contributed by atoms with Crippen molar-refractivity contribution in [3.05, 3.63) is 107 Å². The van der Waals surface area contributed by atoms with Gasteiger partial charge in [0.05, 0.1) is 0 Å². The Morgan fingerprint density at radius 2 is 1.52 bits per heavy atom. The quantitative estimate of drug-likeness (QED) is 0.696. The highest BCUT2D eigenvalue weighted by molar-refractivity contribution is 6.30. The summed E-state index contributed by atoms with van der Waals surface area (Å²) in [4.78, 5) is 30.4. The lowest BCUT2D eigenvalue weighted by molar-refractivity contribution is -0.122. The summed E-state index contributed by atoms with van der Waals surface area (Å²) in [6.45, 7) is 0. The smallest absolute Gasteiger partial charge is 0.252 e. The molecule has 0 aromatic heterocycles. The van der Waals surface area contributed by atoms with Crippen LogP contribution >= 0.6 is 11.6 Å². The van der Waals surface area contributed by atoms with Gasteiger partial charge in [-0.15, -0.1) is 0 Å². The summed E-state index contributed by atoms with van der Waals surface area (Å²) in [5.41, 5.74) is 2.07. The van der Waals surface area contributed by atoms with Gasteiger partial charge in [-0.1, -0.05) is 72.3 Å².